The predicted molar refractivity (Wildman–Crippen MR) is 70.0 cm³/mol. The van der Waals surface area contributed by atoms with Crippen LogP contribution in [0.2, 0.25) is 0 Å². The van der Waals surface area contributed by atoms with Gasteiger partial charge in [0.05, 0.1) is 11.8 Å². The summed E-state index contributed by atoms with van der Waals surface area (Å²) in [6.45, 7) is 5.89. The van der Waals surface area contributed by atoms with Crippen LogP contribution in [0.15, 0.2) is 12.4 Å². The molecule has 0 bridgehead atoms. The number of carbonyl (C=O) groups excluding carboxylic acids is 1. The molecule has 0 saturated heterocycles. The molecule has 1 heterocycles. The third-order valence-corrected chi connectivity index (χ3v) is 3.29. The van der Waals surface area contributed by atoms with Crippen molar-refractivity contribution in [1.29, 1.82) is 0 Å². The van der Waals surface area contributed by atoms with Gasteiger partial charge in [-0.2, -0.15) is 5.10 Å². The summed E-state index contributed by atoms with van der Waals surface area (Å²) in [6, 6.07) is 0. The van der Waals surface area contributed by atoms with Gasteiger partial charge in [0.25, 0.3) is 0 Å². The molecule has 102 valence electrons. The first-order chi connectivity index (χ1) is 8.31. The standard InChI is InChI=1S/C13H23N3O2/c1-10(2)13(3,18)9-14-12(17)6-5-11-7-15-16(4)8-11/h7-8,10,18H,5-6,9H2,1-4H3,(H,14,17). The molecule has 1 rings (SSSR count). The number of hydrogen-bond acceptors (Lipinski definition) is 3. The summed E-state index contributed by atoms with van der Waals surface area (Å²) < 4.78 is 1.72. The molecule has 1 aromatic rings. The van der Waals surface area contributed by atoms with Crippen molar-refractivity contribution in [2.45, 2.75) is 39.2 Å². The van der Waals surface area contributed by atoms with Gasteiger partial charge in [-0.1, -0.05) is 13.8 Å². The highest BCUT2D eigenvalue weighted by Gasteiger charge is 2.25. The molecule has 0 aliphatic heterocycles. The van der Waals surface area contributed by atoms with E-state index in [0.29, 0.717) is 12.8 Å². The first-order valence-corrected chi connectivity index (χ1v) is 6.28. The number of rotatable bonds is 6. The normalized spacial score (nSPS) is 14.6. The summed E-state index contributed by atoms with van der Waals surface area (Å²) in [5.74, 6) is 0.0656. The topological polar surface area (TPSA) is 67.2 Å². The molecule has 0 aromatic carbocycles. The fraction of sp³-hybridized carbons (Fsp3) is 0.692. The van der Waals surface area contributed by atoms with Crippen molar-refractivity contribution in [1.82, 2.24) is 15.1 Å². The zero-order valence-electron chi connectivity index (χ0n) is 11.6. The minimum absolute atomic E-state index is 0.0419. The lowest BCUT2D eigenvalue weighted by Gasteiger charge is -2.27. The van der Waals surface area contributed by atoms with Crippen LogP contribution in [0.3, 0.4) is 0 Å². The molecule has 1 amide bonds. The van der Waals surface area contributed by atoms with E-state index in [4.69, 9.17) is 0 Å². The van der Waals surface area contributed by atoms with Crippen LogP contribution in [0.5, 0.6) is 0 Å². The van der Waals surface area contributed by atoms with Gasteiger partial charge in [-0.3, -0.25) is 9.48 Å². The van der Waals surface area contributed by atoms with Crippen LogP contribution in [-0.2, 0) is 18.3 Å². The van der Waals surface area contributed by atoms with E-state index in [1.165, 1.54) is 0 Å². The number of amides is 1. The van der Waals surface area contributed by atoms with Crippen molar-refractivity contribution in [3.05, 3.63) is 18.0 Å². The van der Waals surface area contributed by atoms with E-state index in [0.717, 1.165) is 5.56 Å². The van der Waals surface area contributed by atoms with Gasteiger partial charge < -0.3 is 10.4 Å². The molecular weight excluding hydrogens is 230 g/mol. The summed E-state index contributed by atoms with van der Waals surface area (Å²) in [6.07, 6.45) is 4.75. The largest absolute Gasteiger partial charge is 0.388 e. The highest BCUT2D eigenvalue weighted by molar-refractivity contribution is 5.76. The van der Waals surface area contributed by atoms with Gasteiger partial charge in [0.2, 0.25) is 5.91 Å². The Hall–Kier alpha value is -1.36. The molecule has 18 heavy (non-hydrogen) atoms. The fourth-order valence-electron chi connectivity index (χ4n) is 1.43. The molecule has 0 aliphatic rings. The lowest BCUT2D eigenvalue weighted by Crippen LogP contribution is -2.44. The highest BCUT2D eigenvalue weighted by Crippen LogP contribution is 2.14. The maximum absolute atomic E-state index is 11.6. The summed E-state index contributed by atoms with van der Waals surface area (Å²) >= 11 is 0. The molecule has 0 saturated carbocycles. The van der Waals surface area contributed by atoms with E-state index in [1.54, 1.807) is 17.8 Å². The monoisotopic (exact) mass is 253 g/mol. The molecule has 1 aromatic heterocycles. The molecule has 1 unspecified atom stereocenters. The zero-order chi connectivity index (χ0) is 13.8. The number of aryl methyl sites for hydroxylation is 2. The van der Waals surface area contributed by atoms with Crippen LogP contribution >= 0.6 is 0 Å². The number of nitrogens with one attached hydrogen (secondary N) is 1. The second-order valence-corrected chi connectivity index (χ2v) is 5.31. The first kappa shape index (κ1) is 14.7. The smallest absolute Gasteiger partial charge is 0.220 e. The number of carbonyl (C=O) groups is 1. The van der Waals surface area contributed by atoms with E-state index < -0.39 is 5.60 Å². The average molecular weight is 253 g/mol. The summed E-state index contributed by atoms with van der Waals surface area (Å²) in [5, 5.41) is 16.8. The molecule has 5 nitrogen and oxygen atoms in total. The minimum atomic E-state index is -0.857. The Morgan fingerprint density at radius 3 is 2.78 bits per heavy atom. The first-order valence-electron chi connectivity index (χ1n) is 6.28. The Labute approximate surface area is 108 Å². The Balaban J connectivity index is 2.30. The van der Waals surface area contributed by atoms with Crippen molar-refractivity contribution in [3.63, 3.8) is 0 Å². The SMILES string of the molecule is CC(C)C(C)(O)CNC(=O)CCc1cnn(C)c1. The quantitative estimate of drug-likeness (QED) is 0.790. The van der Waals surface area contributed by atoms with Crippen LogP contribution in [0.1, 0.15) is 32.8 Å². The number of nitrogens with zero attached hydrogens (tertiary/aromatic N) is 2. The van der Waals surface area contributed by atoms with Crippen LogP contribution in [0.25, 0.3) is 0 Å². The van der Waals surface area contributed by atoms with Crippen molar-refractivity contribution in [3.8, 4) is 0 Å². The number of aliphatic hydroxyl groups is 1. The maximum atomic E-state index is 11.6. The molecule has 0 radical (unpaired) electrons. The van der Waals surface area contributed by atoms with Gasteiger partial charge >= 0.3 is 0 Å². The van der Waals surface area contributed by atoms with E-state index in [2.05, 4.69) is 10.4 Å². The third-order valence-electron chi connectivity index (χ3n) is 3.29. The molecule has 5 heteroatoms. The van der Waals surface area contributed by atoms with Crippen LogP contribution in [0.4, 0.5) is 0 Å². The van der Waals surface area contributed by atoms with Gasteiger partial charge in [0, 0.05) is 26.2 Å². The average Bonchev–Trinajstić information content (AvgIpc) is 2.69. The van der Waals surface area contributed by atoms with Gasteiger partial charge in [0.15, 0.2) is 0 Å². The number of hydrogen-bond donors (Lipinski definition) is 2. The Kier molecular flexibility index (Phi) is 4.90. The van der Waals surface area contributed by atoms with Crippen LogP contribution in [0, 0.1) is 5.92 Å². The fourth-order valence-corrected chi connectivity index (χ4v) is 1.43. The molecule has 2 N–H and O–H groups in total. The Bertz CT molecular complexity index is 397. The molecule has 0 fully saturated rings. The molecule has 1 atom stereocenters. The van der Waals surface area contributed by atoms with E-state index in [-0.39, 0.29) is 18.4 Å². The van der Waals surface area contributed by atoms with Gasteiger partial charge in [0.1, 0.15) is 0 Å². The van der Waals surface area contributed by atoms with Gasteiger partial charge in [-0.05, 0) is 24.8 Å². The number of aromatic nitrogens is 2. The molecule has 0 aliphatic carbocycles. The summed E-state index contributed by atoms with van der Waals surface area (Å²) in [4.78, 5) is 11.6. The molecular formula is C13H23N3O2. The van der Waals surface area contributed by atoms with Crippen molar-refractivity contribution >= 4 is 5.91 Å². The van der Waals surface area contributed by atoms with Crippen LogP contribution in [-0.4, -0.2) is 32.9 Å². The zero-order valence-corrected chi connectivity index (χ0v) is 11.6. The molecule has 0 spiro atoms. The van der Waals surface area contributed by atoms with Gasteiger partial charge in [-0.15, -0.1) is 0 Å². The summed E-state index contributed by atoms with van der Waals surface area (Å²) in [7, 11) is 1.85. The van der Waals surface area contributed by atoms with Crippen LogP contribution < -0.4 is 5.32 Å². The third kappa shape index (κ3) is 4.49. The van der Waals surface area contributed by atoms with Crippen molar-refractivity contribution in [2.24, 2.45) is 13.0 Å². The Morgan fingerprint density at radius 1 is 1.61 bits per heavy atom. The van der Waals surface area contributed by atoms with Crippen molar-refractivity contribution < 1.29 is 9.90 Å². The predicted octanol–water partition coefficient (Wildman–Crippen LogP) is 0.876. The van der Waals surface area contributed by atoms with E-state index >= 15 is 0 Å². The van der Waals surface area contributed by atoms with Crippen molar-refractivity contribution in [2.75, 3.05) is 6.54 Å². The second-order valence-electron chi connectivity index (χ2n) is 5.31. The van der Waals surface area contributed by atoms with E-state index in [1.807, 2.05) is 27.1 Å². The minimum Gasteiger partial charge on any atom is -0.388 e. The summed E-state index contributed by atoms with van der Waals surface area (Å²) in [5.41, 5.74) is 0.188. The highest BCUT2D eigenvalue weighted by atomic mass is 16.3. The van der Waals surface area contributed by atoms with E-state index in [9.17, 15) is 9.90 Å². The second kappa shape index (κ2) is 6.00. The lowest BCUT2D eigenvalue weighted by atomic mass is 9.92. The van der Waals surface area contributed by atoms with Gasteiger partial charge in [-0.25, -0.2) is 0 Å². The lowest BCUT2D eigenvalue weighted by molar-refractivity contribution is -0.122. The Morgan fingerprint density at radius 2 is 2.28 bits per heavy atom. The maximum Gasteiger partial charge on any atom is 0.220 e.